The summed E-state index contributed by atoms with van der Waals surface area (Å²) in [6.07, 6.45) is 1.62. The Hall–Kier alpha value is -1.26. The Morgan fingerprint density at radius 1 is 1.35 bits per heavy atom. The summed E-state index contributed by atoms with van der Waals surface area (Å²) in [5, 5.41) is 0.360. The Morgan fingerprint density at radius 3 is 2.76 bits per heavy atom. The molecule has 0 aliphatic heterocycles. The summed E-state index contributed by atoms with van der Waals surface area (Å²) in [7, 11) is 1.64. The van der Waals surface area contributed by atoms with E-state index in [1.165, 1.54) is 0 Å². The largest absolute Gasteiger partial charge is 0.462 e. The standard InChI is InChI=1S/C12H16ClNO3/c1-16-7-2-3-8-17-12(15)9-5-4-6-10(13)11(9)14/h4-6H,2-3,7-8,14H2,1H3. The summed E-state index contributed by atoms with van der Waals surface area (Å²) < 4.78 is 9.97. The third kappa shape index (κ3) is 4.24. The van der Waals surface area contributed by atoms with E-state index in [0.29, 0.717) is 23.8 Å². The average molecular weight is 258 g/mol. The molecule has 0 amide bonds. The van der Waals surface area contributed by atoms with Crippen LogP contribution >= 0.6 is 11.6 Å². The van der Waals surface area contributed by atoms with Crippen LogP contribution in [0.5, 0.6) is 0 Å². The molecule has 0 heterocycles. The van der Waals surface area contributed by atoms with Gasteiger partial charge in [-0.25, -0.2) is 4.79 Å². The highest BCUT2D eigenvalue weighted by molar-refractivity contribution is 6.33. The molecule has 0 aliphatic carbocycles. The van der Waals surface area contributed by atoms with Crippen molar-refractivity contribution in [1.82, 2.24) is 0 Å². The van der Waals surface area contributed by atoms with Crippen LogP contribution in [0.4, 0.5) is 5.69 Å². The van der Waals surface area contributed by atoms with Crippen molar-refractivity contribution < 1.29 is 14.3 Å². The molecule has 1 aromatic rings. The summed E-state index contributed by atoms with van der Waals surface area (Å²) in [5.74, 6) is -0.442. The predicted molar refractivity (Wildman–Crippen MR) is 67.3 cm³/mol. The molecule has 4 nitrogen and oxygen atoms in total. The third-order valence-electron chi connectivity index (χ3n) is 2.25. The predicted octanol–water partition coefficient (Wildman–Crippen LogP) is 2.51. The number of anilines is 1. The Balaban J connectivity index is 2.44. The van der Waals surface area contributed by atoms with Crippen LogP contribution in [0, 0.1) is 0 Å². The Labute approximate surface area is 106 Å². The molecule has 0 bridgehead atoms. The maximum absolute atomic E-state index is 11.7. The number of unbranched alkanes of at least 4 members (excludes halogenated alkanes) is 1. The van der Waals surface area contributed by atoms with Gasteiger partial charge in [0.25, 0.3) is 0 Å². The van der Waals surface area contributed by atoms with Gasteiger partial charge in [0.15, 0.2) is 0 Å². The van der Waals surface area contributed by atoms with E-state index < -0.39 is 5.97 Å². The van der Waals surface area contributed by atoms with Crippen LogP contribution in [-0.4, -0.2) is 26.3 Å². The van der Waals surface area contributed by atoms with E-state index in [9.17, 15) is 4.79 Å². The molecule has 0 saturated heterocycles. The number of esters is 1. The van der Waals surface area contributed by atoms with Gasteiger partial charge in [-0.1, -0.05) is 17.7 Å². The fourth-order valence-corrected chi connectivity index (χ4v) is 1.48. The molecule has 1 rings (SSSR count). The SMILES string of the molecule is COCCCCOC(=O)c1cccc(Cl)c1N. The zero-order chi connectivity index (χ0) is 12.7. The molecule has 0 saturated carbocycles. The van der Waals surface area contributed by atoms with Gasteiger partial charge in [-0.3, -0.25) is 0 Å². The monoisotopic (exact) mass is 257 g/mol. The van der Waals surface area contributed by atoms with Crippen LogP contribution in [0.15, 0.2) is 18.2 Å². The van der Waals surface area contributed by atoms with Gasteiger partial charge in [-0.15, -0.1) is 0 Å². The smallest absolute Gasteiger partial charge is 0.340 e. The summed E-state index contributed by atoms with van der Waals surface area (Å²) in [5.41, 5.74) is 6.25. The van der Waals surface area contributed by atoms with Crippen molar-refractivity contribution in [2.24, 2.45) is 0 Å². The van der Waals surface area contributed by atoms with Gasteiger partial charge in [-0.05, 0) is 25.0 Å². The van der Waals surface area contributed by atoms with Crippen molar-refractivity contribution in [2.75, 3.05) is 26.1 Å². The van der Waals surface area contributed by atoms with Crippen molar-refractivity contribution in [1.29, 1.82) is 0 Å². The Morgan fingerprint density at radius 2 is 2.06 bits per heavy atom. The van der Waals surface area contributed by atoms with Gasteiger partial charge < -0.3 is 15.2 Å². The summed E-state index contributed by atoms with van der Waals surface area (Å²) in [4.78, 5) is 11.7. The minimum atomic E-state index is -0.442. The van der Waals surface area contributed by atoms with E-state index in [4.69, 9.17) is 26.8 Å². The summed E-state index contributed by atoms with van der Waals surface area (Å²) in [6.45, 7) is 1.02. The maximum atomic E-state index is 11.7. The van der Waals surface area contributed by atoms with Crippen LogP contribution in [0.2, 0.25) is 5.02 Å². The van der Waals surface area contributed by atoms with E-state index in [1.807, 2.05) is 0 Å². The van der Waals surface area contributed by atoms with Crippen molar-refractivity contribution >= 4 is 23.3 Å². The van der Waals surface area contributed by atoms with E-state index in [0.717, 1.165) is 12.8 Å². The number of para-hydroxylation sites is 1. The molecule has 94 valence electrons. The molecular weight excluding hydrogens is 242 g/mol. The number of hydrogen-bond acceptors (Lipinski definition) is 4. The molecule has 17 heavy (non-hydrogen) atoms. The number of nitrogen functional groups attached to an aromatic ring is 1. The van der Waals surface area contributed by atoms with Crippen LogP contribution in [0.1, 0.15) is 23.2 Å². The van der Waals surface area contributed by atoms with Crippen molar-refractivity contribution in [3.8, 4) is 0 Å². The lowest BCUT2D eigenvalue weighted by Crippen LogP contribution is -2.09. The fourth-order valence-electron chi connectivity index (χ4n) is 1.31. The first-order valence-corrected chi connectivity index (χ1v) is 5.74. The number of carbonyl (C=O) groups excluding carboxylic acids is 1. The minimum absolute atomic E-state index is 0.260. The van der Waals surface area contributed by atoms with Crippen LogP contribution in [0.3, 0.4) is 0 Å². The van der Waals surface area contributed by atoms with Crippen molar-refractivity contribution in [2.45, 2.75) is 12.8 Å². The Kier molecular flexibility index (Phi) is 5.80. The molecule has 1 aromatic carbocycles. The lowest BCUT2D eigenvalue weighted by molar-refractivity contribution is 0.0490. The molecule has 0 aromatic heterocycles. The highest BCUT2D eigenvalue weighted by atomic mass is 35.5. The number of carbonyl (C=O) groups is 1. The molecular formula is C12H16ClNO3. The Bertz CT molecular complexity index is 382. The maximum Gasteiger partial charge on any atom is 0.340 e. The first-order chi connectivity index (χ1) is 8.16. The van der Waals surface area contributed by atoms with Gasteiger partial charge in [0.05, 0.1) is 22.9 Å². The van der Waals surface area contributed by atoms with Crippen LogP contribution < -0.4 is 5.73 Å². The van der Waals surface area contributed by atoms with Crippen LogP contribution in [0.25, 0.3) is 0 Å². The first kappa shape index (κ1) is 13.8. The number of hydrogen-bond donors (Lipinski definition) is 1. The van der Waals surface area contributed by atoms with E-state index in [-0.39, 0.29) is 5.69 Å². The van der Waals surface area contributed by atoms with Gasteiger partial charge in [-0.2, -0.15) is 0 Å². The lowest BCUT2D eigenvalue weighted by atomic mass is 10.2. The fraction of sp³-hybridized carbons (Fsp3) is 0.417. The second kappa shape index (κ2) is 7.14. The van der Waals surface area contributed by atoms with Crippen molar-refractivity contribution in [3.63, 3.8) is 0 Å². The summed E-state index contributed by atoms with van der Waals surface area (Å²) >= 11 is 5.81. The second-order valence-electron chi connectivity index (χ2n) is 3.54. The minimum Gasteiger partial charge on any atom is -0.462 e. The third-order valence-corrected chi connectivity index (χ3v) is 2.58. The van der Waals surface area contributed by atoms with Crippen LogP contribution in [-0.2, 0) is 9.47 Å². The lowest BCUT2D eigenvalue weighted by Gasteiger charge is -2.07. The number of halogens is 1. The molecule has 5 heteroatoms. The topological polar surface area (TPSA) is 61.5 Å². The number of rotatable bonds is 6. The zero-order valence-electron chi connectivity index (χ0n) is 9.74. The molecule has 0 atom stereocenters. The molecule has 0 fully saturated rings. The normalized spacial score (nSPS) is 10.2. The number of ether oxygens (including phenoxy) is 2. The highest BCUT2D eigenvalue weighted by Gasteiger charge is 2.12. The number of benzene rings is 1. The van der Waals surface area contributed by atoms with E-state index in [2.05, 4.69) is 0 Å². The zero-order valence-corrected chi connectivity index (χ0v) is 10.5. The average Bonchev–Trinajstić information content (AvgIpc) is 2.32. The summed E-state index contributed by atoms with van der Waals surface area (Å²) in [6, 6.07) is 4.89. The van der Waals surface area contributed by atoms with E-state index >= 15 is 0 Å². The number of methoxy groups -OCH3 is 1. The van der Waals surface area contributed by atoms with Gasteiger partial charge in [0, 0.05) is 13.7 Å². The quantitative estimate of drug-likeness (QED) is 0.483. The first-order valence-electron chi connectivity index (χ1n) is 5.37. The molecule has 0 unspecified atom stereocenters. The second-order valence-corrected chi connectivity index (χ2v) is 3.94. The van der Waals surface area contributed by atoms with Gasteiger partial charge >= 0.3 is 5.97 Å². The van der Waals surface area contributed by atoms with E-state index in [1.54, 1.807) is 25.3 Å². The molecule has 0 aliphatic rings. The molecule has 0 spiro atoms. The molecule has 2 N–H and O–H groups in total. The van der Waals surface area contributed by atoms with Crippen molar-refractivity contribution in [3.05, 3.63) is 28.8 Å². The highest BCUT2D eigenvalue weighted by Crippen LogP contribution is 2.22. The van der Waals surface area contributed by atoms with Gasteiger partial charge in [0.2, 0.25) is 0 Å². The molecule has 0 radical (unpaired) electrons. The number of nitrogens with two attached hydrogens (primary N) is 1. The van der Waals surface area contributed by atoms with Gasteiger partial charge in [0.1, 0.15) is 0 Å².